The van der Waals surface area contributed by atoms with Gasteiger partial charge in [0.25, 0.3) is 11.1 Å². The molecule has 0 saturated heterocycles. The van der Waals surface area contributed by atoms with Crippen molar-refractivity contribution in [1.82, 2.24) is 13.7 Å². The average Bonchev–Trinajstić information content (AvgIpc) is 2.75. The van der Waals surface area contributed by atoms with E-state index >= 15 is 0 Å². The van der Waals surface area contributed by atoms with E-state index < -0.39 is 0 Å². The number of nitrogens with zero attached hydrogens (tertiary/aromatic N) is 3. The maximum absolute atomic E-state index is 14.0. The SMILES string of the molecule is Cc1c(=O)n(C)c(NC2CCCCCCC2)c2c(=O)n(C3CCCCCCC3)c(=O)n(C)c12. The number of anilines is 1. The van der Waals surface area contributed by atoms with Gasteiger partial charge in [-0.3, -0.25) is 23.3 Å². The number of nitrogens with one attached hydrogen (secondary N) is 1. The van der Waals surface area contributed by atoms with Crippen molar-refractivity contribution in [2.24, 2.45) is 14.1 Å². The molecule has 182 valence electrons. The van der Waals surface area contributed by atoms with E-state index in [2.05, 4.69) is 5.32 Å². The van der Waals surface area contributed by atoms with Crippen molar-refractivity contribution in [3.63, 3.8) is 0 Å². The molecule has 4 rings (SSSR count). The third-order valence-electron chi connectivity index (χ3n) is 7.94. The highest BCUT2D eigenvalue weighted by Crippen LogP contribution is 2.27. The first-order valence-corrected chi connectivity index (χ1v) is 13.0. The van der Waals surface area contributed by atoms with Gasteiger partial charge in [-0.25, -0.2) is 4.79 Å². The third kappa shape index (κ3) is 4.69. The summed E-state index contributed by atoms with van der Waals surface area (Å²) in [6.07, 6.45) is 15.5. The summed E-state index contributed by atoms with van der Waals surface area (Å²) in [5.74, 6) is 0.575. The number of hydrogen-bond acceptors (Lipinski definition) is 4. The number of pyridine rings is 1. The lowest BCUT2D eigenvalue weighted by Gasteiger charge is -2.27. The van der Waals surface area contributed by atoms with Crippen LogP contribution in [-0.4, -0.2) is 19.7 Å². The van der Waals surface area contributed by atoms with Gasteiger partial charge >= 0.3 is 5.69 Å². The van der Waals surface area contributed by atoms with E-state index in [-0.39, 0.29) is 28.9 Å². The van der Waals surface area contributed by atoms with Crippen LogP contribution in [0.2, 0.25) is 0 Å². The second kappa shape index (κ2) is 10.3. The minimum absolute atomic E-state index is 0.0762. The van der Waals surface area contributed by atoms with Gasteiger partial charge in [0, 0.05) is 31.7 Å². The molecule has 2 aromatic rings. The standard InChI is InChI=1S/C26H40N4O3/c1-18-22-21(23(29(3)24(18)31)27-19-14-10-6-4-7-11-15-19)25(32)30(26(33)28(22)2)20-16-12-8-5-9-13-17-20/h19-20,27H,4-17H2,1-3H3. The lowest BCUT2D eigenvalue weighted by molar-refractivity contribution is 0.352. The highest BCUT2D eigenvalue weighted by molar-refractivity contribution is 5.91. The van der Waals surface area contributed by atoms with E-state index in [1.165, 1.54) is 34.8 Å². The van der Waals surface area contributed by atoms with Crippen LogP contribution >= 0.6 is 0 Å². The van der Waals surface area contributed by atoms with Crippen LogP contribution in [0.3, 0.4) is 0 Å². The molecule has 0 spiro atoms. The smallest absolute Gasteiger partial charge is 0.331 e. The fourth-order valence-corrected chi connectivity index (χ4v) is 5.99. The van der Waals surface area contributed by atoms with E-state index in [1.807, 2.05) is 0 Å². The van der Waals surface area contributed by atoms with Crippen LogP contribution in [0, 0.1) is 6.92 Å². The van der Waals surface area contributed by atoms with Gasteiger partial charge in [-0.1, -0.05) is 64.2 Å². The van der Waals surface area contributed by atoms with Crippen LogP contribution in [0.5, 0.6) is 0 Å². The van der Waals surface area contributed by atoms with E-state index in [0.717, 1.165) is 64.2 Å². The Labute approximate surface area is 195 Å². The number of hydrogen-bond donors (Lipinski definition) is 1. The van der Waals surface area contributed by atoms with Crippen LogP contribution < -0.4 is 22.1 Å². The summed E-state index contributed by atoms with van der Waals surface area (Å²) in [6.45, 7) is 1.73. The van der Waals surface area contributed by atoms with Gasteiger partial charge in [-0.2, -0.15) is 0 Å². The Kier molecular flexibility index (Phi) is 7.45. The predicted octanol–water partition coefficient (Wildman–Crippen LogP) is 4.52. The summed E-state index contributed by atoms with van der Waals surface area (Å²) in [5.41, 5.74) is 0.228. The van der Waals surface area contributed by atoms with Crippen LogP contribution in [0.15, 0.2) is 14.4 Å². The van der Waals surface area contributed by atoms with E-state index in [9.17, 15) is 14.4 Å². The minimum atomic E-state index is -0.300. The van der Waals surface area contributed by atoms with Gasteiger partial charge in [-0.05, 0) is 32.6 Å². The van der Waals surface area contributed by atoms with Gasteiger partial charge in [0.15, 0.2) is 0 Å². The Morgan fingerprint density at radius 3 is 1.79 bits per heavy atom. The molecule has 2 aliphatic rings. The molecule has 0 radical (unpaired) electrons. The molecule has 2 fully saturated rings. The van der Waals surface area contributed by atoms with Crippen LogP contribution in [0.25, 0.3) is 10.9 Å². The van der Waals surface area contributed by atoms with E-state index in [4.69, 9.17) is 0 Å². The number of aromatic nitrogens is 3. The number of aryl methyl sites for hydroxylation is 2. The summed E-state index contributed by atoms with van der Waals surface area (Å²) in [4.78, 5) is 40.5. The van der Waals surface area contributed by atoms with E-state index in [0.29, 0.717) is 22.3 Å². The largest absolute Gasteiger partial charge is 0.368 e. The van der Waals surface area contributed by atoms with Crippen molar-refractivity contribution in [3.8, 4) is 0 Å². The fourth-order valence-electron chi connectivity index (χ4n) is 5.99. The first-order chi connectivity index (χ1) is 15.9. The molecule has 2 saturated carbocycles. The fraction of sp³-hybridized carbons (Fsp3) is 0.731. The first kappa shape index (κ1) is 23.8. The second-order valence-electron chi connectivity index (χ2n) is 10.3. The molecule has 7 heteroatoms. The summed E-state index contributed by atoms with van der Waals surface area (Å²) in [6, 6.07) is 0.154. The van der Waals surface area contributed by atoms with Crippen LogP contribution in [0.1, 0.15) is 101 Å². The summed E-state index contributed by atoms with van der Waals surface area (Å²) >= 11 is 0. The molecule has 33 heavy (non-hydrogen) atoms. The van der Waals surface area contributed by atoms with Crippen molar-refractivity contribution in [1.29, 1.82) is 0 Å². The van der Waals surface area contributed by atoms with Crippen molar-refractivity contribution >= 4 is 16.7 Å². The zero-order valence-electron chi connectivity index (χ0n) is 20.6. The molecule has 0 atom stereocenters. The van der Waals surface area contributed by atoms with Crippen molar-refractivity contribution in [2.75, 3.05) is 5.32 Å². The van der Waals surface area contributed by atoms with Crippen molar-refractivity contribution < 1.29 is 0 Å². The Morgan fingerprint density at radius 1 is 0.697 bits per heavy atom. The lowest BCUT2D eigenvalue weighted by Crippen LogP contribution is -2.43. The molecule has 1 N–H and O–H groups in total. The molecule has 2 aliphatic carbocycles. The number of rotatable bonds is 3. The summed E-state index contributed by atoms with van der Waals surface area (Å²) < 4.78 is 4.63. The van der Waals surface area contributed by atoms with Gasteiger partial charge in [0.05, 0.1) is 5.52 Å². The molecule has 0 unspecified atom stereocenters. The molecule has 2 heterocycles. The molecule has 0 aromatic carbocycles. The maximum Gasteiger partial charge on any atom is 0.331 e. The third-order valence-corrected chi connectivity index (χ3v) is 7.94. The first-order valence-electron chi connectivity index (χ1n) is 13.0. The Morgan fingerprint density at radius 2 is 1.21 bits per heavy atom. The monoisotopic (exact) mass is 456 g/mol. The molecular formula is C26H40N4O3. The molecule has 2 aromatic heterocycles. The summed E-state index contributed by atoms with van der Waals surface area (Å²) in [7, 11) is 3.44. The molecule has 0 bridgehead atoms. The predicted molar refractivity (Wildman–Crippen MR) is 135 cm³/mol. The Balaban J connectivity index is 1.91. The Hall–Kier alpha value is -2.31. The van der Waals surface area contributed by atoms with Gasteiger partial charge < -0.3 is 5.32 Å². The highest BCUT2D eigenvalue weighted by atomic mass is 16.2. The lowest BCUT2D eigenvalue weighted by atomic mass is 9.96. The quantitative estimate of drug-likeness (QED) is 0.737. The number of fused-ring (bicyclic) bond motifs is 1. The minimum Gasteiger partial charge on any atom is -0.368 e. The second-order valence-corrected chi connectivity index (χ2v) is 10.3. The summed E-state index contributed by atoms with van der Waals surface area (Å²) in [5, 5.41) is 4.09. The Bertz CT molecular complexity index is 1160. The van der Waals surface area contributed by atoms with Gasteiger partial charge in [0.1, 0.15) is 11.2 Å². The van der Waals surface area contributed by atoms with E-state index in [1.54, 1.807) is 25.6 Å². The van der Waals surface area contributed by atoms with Crippen LogP contribution in [-0.2, 0) is 14.1 Å². The highest BCUT2D eigenvalue weighted by Gasteiger charge is 2.26. The van der Waals surface area contributed by atoms with Gasteiger partial charge in [-0.15, -0.1) is 0 Å². The molecule has 0 amide bonds. The normalized spacial score (nSPS) is 19.6. The van der Waals surface area contributed by atoms with Crippen molar-refractivity contribution in [2.45, 2.75) is 109 Å². The molecule has 0 aliphatic heterocycles. The average molecular weight is 457 g/mol. The zero-order chi connectivity index (χ0) is 23.5. The van der Waals surface area contributed by atoms with Crippen molar-refractivity contribution in [3.05, 3.63) is 36.8 Å². The van der Waals surface area contributed by atoms with Crippen LogP contribution in [0.4, 0.5) is 5.82 Å². The zero-order valence-corrected chi connectivity index (χ0v) is 20.6. The maximum atomic E-state index is 14.0. The topological polar surface area (TPSA) is 78.0 Å². The van der Waals surface area contributed by atoms with Gasteiger partial charge in [0.2, 0.25) is 0 Å². The molecular weight excluding hydrogens is 416 g/mol. The molecule has 7 nitrogen and oxygen atoms in total.